The van der Waals surface area contributed by atoms with Crippen molar-refractivity contribution in [1.82, 2.24) is 14.8 Å². The van der Waals surface area contributed by atoms with Crippen molar-refractivity contribution in [3.63, 3.8) is 0 Å². The summed E-state index contributed by atoms with van der Waals surface area (Å²) in [5.74, 6) is 0.561. The summed E-state index contributed by atoms with van der Waals surface area (Å²) in [6, 6.07) is 5.82. The number of fused-ring (bicyclic) bond motifs is 1. The van der Waals surface area contributed by atoms with Crippen molar-refractivity contribution in [1.29, 1.82) is 0 Å². The molecule has 0 spiro atoms. The third kappa shape index (κ3) is 3.71. The maximum atomic E-state index is 12.3. The number of carbonyl (C=O) groups excluding carboxylic acids is 1. The van der Waals surface area contributed by atoms with Crippen LogP contribution in [0.3, 0.4) is 0 Å². The van der Waals surface area contributed by atoms with Crippen molar-refractivity contribution in [3.05, 3.63) is 30.1 Å². The largest absolute Gasteiger partial charge is 0.380 e. The maximum Gasteiger partial charge on any atom is 0.236 e. The van der Waals surface area contributed by atoms with Gasteiger partial charge in [0, 0.05) is 30.6 Å². The van der Waals surface area contributed by atoms with Crippen LogP contribution in [0, 0.1) is 11.3 Å². The van der Waals surface area contributed by atoms with Gasteiger partial charge < -0.3 is 19.3 Å². The van der Waals surface area contributed by atoms with Crippen molar-refractivity contribution >= 4 is 5.91 Å². The molecule has 1 aromatic rings. The second-order valence-corrected chi connectivity index (χ2v) is 6.90. The average molecular weight is 319 g/mol. The van der Waals surface area contributed by atoms with Crippen LogP contribution < -0.4 is 0 Å². The molecule has 0 aromatic carbocycles. The molecule has 2 aliphatic heterocycles. The SMILES string of the molecule is CN(C)CC(=O)N1C[C@@H]2COC[C@]2(COCc2ccccn2)C1. The minimum atomic E-state index is -0.0588. The van der Waals surface area contributed by atoms with Crippen molar-refractivity contribution in [2.75, 3.05) is 53.6 Å². The van der Waals surface area contributed by atoms with Gasteiger partial charge in [-0.2, -0.15) is 0 Å². The van der Waals surface area contributed by atoms with E-state index >= 15 is 0 Å². The Bertz CT molecular complexity index is 537. The molecule has 2 fully saturated rings. The number of rotatable bonds is 6. The number of hydrogen-bond acceptors (Lipinski definition) is 5. The summed E-state index contributed by atoms with van der Waals surface area (Å²) in [6.07, 6.45) is 1.77. The van der Waals surface area contributed by atoms with Gasteiger partial charge in [-0.3, -0.25) is 9.78 Å². The summed E-state index contributed by atoms with van der Waals surface area (Å²) in [4.78, 5) is 20.5. The van der Waals surface area contributed by atoms with Crippen LogP contribution in [-0.2, 0) is 20.9 Å². The Labute approximate surface area is 137 Å². The summed E-state index contributed by atoms with van der Waals surface area (Å²) in [7, 11) is 3.84. The van der Waals surface area contributed by atoms with E-state index in [1.165, 1.54) is 0 Å². The molecule has 0 N–H and O–H groups in total. The molecule has 2 atom stereocenters. The van der Waals surface area contributed by atoms with E-state index in [1.54, 1.807) is 6.20 Å². The van der Waals surface area contributed by atoms with E-state index in [-0.39, 0.29) is 11.3 Å². The second kappa shape index (κ2) is 6.95. The number of ether oxygens (including phenoxy) is 2. The first-order valence-corrected chi connectivity index (χ1v) is 8.07. The van der Waals surface area contributed by atoms with Gasteiger partial charge in [0.1, 0.15) is 0 Å². The molecule has 6 nitrogen and oxygen atoms in total. The lowest BCUT2D eigenvalue weighted by molar-refractivity contribution is -0.131. The van der Waals surface area contributed by atoms with Gasteiger partial charge in [-0.25, -0.2) is 0 Å². The molecule has 0 bridgehead atoms. The van der Waals surface area contributed by atoms with Crippen LogP contribution in [0.5, 0.6) is 0 Å². The van der Waals surface area contributed by atoms with Crippen molar-refractivity contribution < 1.29 is 14.3 Å². The fourth-order valence-corrected chi connectivity index (χ4v) is 3.44. The Balaban J connectivity index is 1.57. The van der Waals surface area contributed by atoms with Crippen LogP contribution in [0.4, 0.5) is 0 Å². The number of likely N-dealkylation sites (N-methyl/N-ethyl adjacent to an activating group) is 1. The summed E-state index contributed by atoms with van der Waals surface area (Å²) in [6.45, 7) is 4.47. The highest BCUT2D eigenvalue weighted by Crippen LogP contribution is 2.41. The lowest BCUT2D eigenvalue weighted by Crippen LogP contribution is -2.40. The normalized spacial score (nSPS) is 26.7. The average Bonchev–Trinajstić information content (AvgIpc) is 3.04. The third-order valence-electron chi connectivity index (χ3n) is 4.69. The zero-order chi connectivity index (χ0) is 16.3. The third-order valence-corrected chi connectivity index (χ3v) is 4.69. The van der Waals surface area contributed by atoms with E-state index in [4.69, 9.17) is 9.47 Å². The summed E-state index contributed by atoms with van der Waals surface area (Å²) in [5.41, 5.74) is 0.870. The van der Waals surface area contributed by atoms with Crippen molar-refractivity contribution in [2.24, 2.45) is 11.3 Å². The summed E-state index contributed by atoms with van der Waals surface area (Å²) < 4.78 is 11.6. The monoisotopic (exact) mass is 319 g/mol. The molecule has 126 valence electrons. The van der Waals surface area contributed by atoms with Crippen LogP contribution in [0.25, 0.3) is 0 Å². The summed E-state index contributed by atoms with van der Waals surface area (Å²) in [5, 5.41) is 0. The molecule has 2 aliphatic rings. The number of hydrogen-bond donors (Lipinski definition) is 0. The van der Waals surface area contributed by atoms with Crippen molar-refractivity contribution in [3.8, 4) is 0 Å². The first-order chi connectivity index (χ1) is 11.1. The van der Waals surface area contributed by atoms with Crippen LogP contribution in [0.2, 0.25) is 0 Å². The lowest BCUT2D eigenvalue weighted by Gasteiger charge is -2.27. The molecular weight excluding hydrogens is 294 g/mol. The number of carbonyl (C=O) groups is 1. The van der Waals surface area contributed by atoms with Gasteiger partial charge in [0.15, 0.2) is 0 Å². The number of pyridine rings is 1. The predicted molar refractivity (Wildman–Crippen MR) is 85.8 cm³/mol. The molecule has 0 unspecified atom stereocenters. The van der Waals surface area contributed by atoms with Crippen LogP contribution >= 0.6 is 0 Å². The molecule has 23 heavy (non-hydrogen) atoms. The molecule has 2 saturated heterocycles. The van der Waals surface area contributed by atoms with E-state index in [1.807, 2.05) is 42.1 Å². The molecule has 0 radical (unpaired) electrons. The Hall–Kier alpha value is -1.50. The standard InChI is InChI=1S/C17H25N3O3/c1-19(2)8-16(21)20-7-14-9-22-12-17(14,11-20)13-23-10-15-5-3-4-6-18-15/h3-6,14H,7-13H2,1-2H3/t14-,17+/m1/s1. The molecule has 3 rings (SSSR count). The highest BCUT2D eigenvalue weighted by atomic mass is 16.5. The van der Waals surface area contributed by atoms with Crippen LogP contribution in [-0.4, -0.2) is 74.2 Å². The predicted octanol–water partition coefficient (Wildman–Crippen LogP) is 0.635. The fourth-order valence-electron chi connectivity index (χ4n) is 3.44. The van der Waals surface area contributed by atoms with E-state index < -0.39 is 0 Å². The first kappa shape index (κ1) is 16.4. The van der Waals surface area contributed by atoms with Gasteiger partial charge in [0.25, 0.3) is 0 Å². The Morgan fingerprint density at radius 1 is 1.52 bits per heavy atom. The van der Waals surface area contributed by atoms with Crippen molar-refractivity contribution in [2.45, 2.75) is 6.61 Å². The van der Waals surface area contributed by atoms with Gasteiger partial charge in [-0.05, 0) is 26.2 Å². The van der Waals surface area contributed by atoms with E-state index in [0.717, 1.165) is 25.4 Å². The maximum absolute atomic E-state index is 12.3. The molecule has 0 aliphatic carbocycles. The zero-order valence-electron chi connectivity index (χ0n) is 13.9. The van der Waals surface area contributed by atoms with Gasteiger partial charge in [0.05, 0.1) is 38.7 Å². The van der Waals surface area contributed by atoms with E-state index in [9.17, 15) is 4.79 Å². The van der Waals surface area contributed by atoms with Gasteiger partial charge >= 0.3 is 0 Å². The number of amides is 1. The second-order valence-electron chi connectivity index (χ2n) is 6.90. The van der Waals surface area contributed by atoms with Gasteiger partial charge in [-0.1, -0.05) is 6.07 Å². The minimum Gasteiger partial charge on any atom is -0.380 e. The molecule has 6 heteroatoms. The Morgan fingerprint density at radius 2 is 2.39 bits per heavy atom. The highest BCUT2D eigenvalue weighted by Gasteiger charge is 2.51. The first-order valence-electron chi connectivity index (χ1n) is 8.07. The molecule has 1 amide bonds. The summed E-state index contributed by atoms with van der Waals surface area (Å²) >= 11 is 0. The van der Waals surface area contributed by atoms with Crippen LogP contribution in [0.1, 0.15) is 5.69 Å². The van der Waals surface area contributed by atoms with Crippen LogP contribution in [0.15, 0.2) is 24.4 Å². The number of aromatic nitrogens is 1. The molecular formula is C17H25N3O3. The lowest BCUT2D eigenvalue weighted by atomic mass is 9.82. The zero-order valence-corrected chi connectivity index (χ0v) is 13.9. The fraction of sp³-hybridized carbons (Fsp3) is 0.647. The molecule has 1 aromatic heterocycles. The molecule has 3 heterocycles. The van der Waals surface area contributed by atoms with E-state index in [0.29, 0.717) is 32.3 Å². The molecule has 0 saturated carbocycles. The topological polar surface area (TPSA) is 54.9 Å². The smallest absolute Gasteiger partial charge is 0.236 e. The number of nitrogens with zero attached hydrogens (tertiary/aromatic N) is 3. The highest BCUT2D eigenvalue weighted by molar-refractivity contribution is 5.78. The minimum absolute atomic E-state index is 0.0588. The Morgan fingerprint density at radius 3 is 3.13 bits per heavy atom. The van der Waals surface area contributed by atoms with E-state index in [2.05, 4.69) is 4.98 Å². The number of likely N-dealkylation sites (tertiary alicyclic amines) is 1. The Kier molecular flexibility index (Phi) is 4.94. The van der Waals surface area contributed by atoms with Gasteiger partial charge in [0.2, 0.25) is 5.91 Å². The quantitative estimate of drug-likeness (QED) is 0.770. The van der Waals surface area contributed by atoms with Gasteiger partial charge in [-0.15, -0.1) is 0 Å².